The summed E-state index contributed by atoms with van der Waals surface area (Å²) in [7, 11) is 1.67. The van der Waals surface area contributed by atoms with Crippen molar-refractivity contribution in [3.05, 3.63) is 113 Å². The average Bonchev–Trinajstić information content (AvgIpc) is 2.83. The van der Waals surface area contributed by atoms with E-state index in [0.717, 1.165) is 27.8 Å². The van der Waals surface area contributed by atoms with Gasteiger partial charge in [-0.15, -0.1) is 0 Å². The molecule has 0 aliphatic heterocycles. The highest BCUT2D eigenvalue weighted by molar-refractivity contribution is 5.87. The molecule has 31 heavy (non-hydrogen) atoms. The van der Waals surface area contributed by atoms with Gasteiger partial charge in [0, 0.05) is 0 Å². The van der Waals surface area contributed by atoms with Crippen LogP contribution in [0, 0.1) is 0 Å². The number of nitrogens with zero attached hydrogens (tertiary/aromatic N) is 2. The van der Waals surface area contributed by atoms with Crippen molar-refractivity contribution in [1.82, 2.24) is 9.55 Å². The molecule has 0 unspecified atom stereocenters. The van der Waals surface area contributed by atoms with Crippen LogP contribution in [0.25, 0.3) is 39.5 Å². The zero-order valence-electron chi connectivity index (χ0n) is 17.0. The highest BCUT2D eigenvalue weighted by atomic mass is 16.5. The van der Waals surface area contributed by atoms with Crippen LogP contribution in [0.15, 0.2) is 95.8 Å². The smallest absolute Gasteiger partial charge is 0.266 e. The third kappa shape index (κ3) is 3.60. The van der Waals surface area contributed by atoms with Crippen LogP contribution in [-0.4, -0.2) is 16.7 Å². The SMILES string of the molecule is COc1ccc2cc(/C=C/c3nc4ccccc4c(=O)n3-c3ccccc3)ccc2c1. The summed E-state index contributed by atoms with van der Waals surface area (Å²) in [4.78, 5) is 18.0. The van der Waals surface area contributed by atoms with Crippen molar-refractivity contribution in [2.75, 3.05) is 7.11 Å². The number of para-hydroxylation sites is 2. The first-order chi connectivity index (χ1) is 15.2. The van der Waals surface area contributed by atoms with Gasteiger partial charge in [-0.05, 0) is 64.9 Å². The summed E-state index contributed by atoms with van der Waals surface area (Å²) >= 11 is 0. The number of methoxy groups -OCH3 is 1. The summed E-state index contributed by atoms with van der Waals surface area (Å²) in [5, 5.41) is 2.83. The van der Waals surface area contributed by atoms with Gasteiger partial charge in [0.1, 0.15) is 11.6 Å². The number of fused-ring (bicyclic) bond motifs is 2. The molecule has 0 saturated carbocycles. The van der Waals surface area contributed by atoms with Crippen LogP contribution in [0.5, 0.6) is 5.75 Å². The molecule has 0 bridgehead atoms. The van der Waals surface area contributed by atoms with Crippen LogP contribution in [-0.2, 0) is 0 Å². The van der Waals surface area contributed by atoms with Crippen molar-refractivity contribution in [3.63, 3.8) is 0 Å². The van der Waals surface area contributed by atoms with Crippen LogP contribution in [0.1, 0.15) is 11.4 Å². The Morgan fingerprint density at radius 1 is 0.806 bits per heavy atom. The van der Waals surface area contributed by atoms with Gasteiger partial charge < -0.3 is 4.74 Å². The molecule has 5 rings (SSSR count). The molecule has 0 aliphatic rings. The topological polar surface area (TPSA) is 44.1 Å². The summed E-state index contributed by atoms with van der Waals surface area (Å²) in [6, 6.07) is 29.3. The zero-order chi connectivity index (χ0) is 21.2. The third-order valence-electron chi connectivity index (χ3n) is 5.31. The van der Waals surface area contributed by atoms with E-state index >= 15 is 0 Å². The lowest BCUT2D eigenvalue weighted by Crippen LogP contribution is -2.22. The molecule has 4 aromatic carbocycles. The number of aromatic nitrogens is 2. The van der Waals surface area contributed by atoms with Crippen LogP contribution >= 0.6 is 0 Å². The predicted octanol–water partition coefficient (Wildman–Crippen LogP) is 5.72. The largest absolute Gasteiger partial charge is 0.497 e. The molecule has 150 valence electrons. The molecule has 0 atom stereocenters. The Kier molecular flexibility index (Phi) is 4.81. The molecule has 0 N–H and O–H groups in total. The highest BCUT2D eigenvalue weighted by Crippen LogP contribution is 2.23. The van der Waals surface area contributed by atoms with Crippen molar-refractivity contribution in [3.8, 4) is 11.4 Å². The Morgan fingerprint density at radius 2 is 1.55 bits per heavy atom. The quantitative estimate of drug-likeness (QED) is 0.385. The summed E-state index contributed by atoms with van der Waals surface area (Å²) in [6.45, 7) is 0. The van der Waals surface area contributed by atoms with Gasteiger partial charge >= 0.3 is 0 Å². The molecule has 5 aromatic rings. The van der Waals surface area contributed by atoms with Gasteiger partial charge in [-0.1, -0.05) is 54.6 Å². The van der Waals surface area contributed by atoms with Gasteiger partial charge in [-0.2, -0.15) is 0 Å². The third-order valence-corrected chi connectivity index (χ3v) is 5.31. The van der Waals surface area contributed by atoms with Crippen LogP contribution in [0.3, 0.4) is 0 Å². The van der Waals surface area contributed by atoms with Crippen LogP contribution in [0.4, 0.5) is 0 Å². The molecule has 1 aromatic heterocycles. The lowest BCUT2D eigenvalue weighted by molar-refractivity contribution is 0.415. The van der Waals surface area contributed by atoms with Crippen molar-refractivity contribution < 1.29 is 4.74 Å². The van der Waals surface area contributed by atoms with Crippen LogP contribution < -0.4 is 10.3 Å². The zero-order valence-corrected chi connectivity index (χ0v) is 17.0. The summed E-state index contributed by atoms with van der Waals surface area (Å²) in [6.07, 6.45) is 3.88. The molecule has 0 amide bonds. The Hall–Kier alpha value is -4.18. The first-order valence-electron chi connectivity index (χ1n) is 10.1. The lowest BCUT2D eigenvalue weighted by Gasteiger charge is -2.11. The number of ether oxygens (including phenoxy) is 1. The van der Waals surface area contributed by atoms with E-state index in [1.807, 2.05) is 91.0 Å². The molecule has 0 saturated heterocycles. The maximum atomic E-state index is 13.3. The maximum Gasteiger partial charge on any atom is 0.266 e. The van der Waals surface area contributed by atoms with Gasteiger partial charge in [0.25, 0.3) is 5.56 Å². The second-order valence-electron chi connectivity index (χ2n) is 7.27. The van der Waals surface area contributed by atoms with Crippen LogP contribution in [0.2, 0.25) is 0 Å². The average molecular weight is 404 g/mol. The fourth-order valence-corrected chi connectivity index (χ4v) is 3.73. The molecule has 0 fully saturated rings. The lowest BCUT2D eigenvalue weighted by atomic mass is 10.1. The molecule has 0 aliphatic carbocycles. The standard InChI is InChI=1S/C27H20N2O2/c1-31-23-15-14-20-17-19(11-13-21(20)18-23)12-16-26-28-25-10-6-5-9-24(25)27(30)29(26)22-7-3-2-4-8-22/h2-18H,1H3/b16-12+. The molecule has 0 spiro atoms. The minimum atomic E-state index is -0.0814. The first-order valence-corrected chi connectivity index (χ1v) is 10.1. The molecular weight excluding hydrogens is 384 g/mol. The Labute approximate surface area is 179 Å². The fraction of sp³-hybridized carbons (Fsp3) is 0.0370. The maximum absolute atomic E-state index is 13.3. The number of benzene rings is 4. The molecule has 4 heteroatoms. The van der Waals surface area contributed by atoms with Crippen molar-refractivity contribution in [2.24, 2.45) is 0 Å². The van der Waals surface area contributed by atoms with Crippen molar-refractivity contribution >= 4 is 33.8 Å². The van der Waals surface area contributed by atoms with Crippen molar-refractivity contribution in [1.29, 1.82) is 0 Å². The second kappa shape index (κ2) is 7.92. The van der Waals surface area contributed by atoms with Gasteiger partial charge in [0.15, 0.2) is 0 Å². The normalized spacial score (nSPS) is 11.4. The number of hydrogen-bond acceptors (Lipinski definition) is 3. The Balaban J connectivity index is 1.63. The van der Waals surface area contributed by atoms with Gasteiger partial charge in [0.05, 0.1) is 23.7 Å². The minimum absolute atomic E-state index is 0.0814. The second-order valence-corrected chi connectivity index (χ2v) is 7.27. The number of hydrogen-bond donors (Lipinski definition) is 0. The minimum Gasteiger partial charge on any atom is -0.497 e. The van der Waals surface area contributed by atoms with Gasteiger partial charge in [0.2, 0.25) is 0 Å². The predicted molar refractivity (Wildman–Crippen MR) is 127 cm³/mol. The molecule has 0 radical (unpaired) electrons. The summed E-state index contributed by atoms with van der Waals surface area (Å²) in [5.41, 5.74) is 2.42. The van der Waals surface area contributed by atoms with E-state index in [9.17, 15) is 4.79 Å². The van der Waals surface area contributed by atoms with Crippen molar-refractivity contribution in [2.45, 2.75) is 0 Å². The van der Waals surface area contributed by atoms with E-state index in [1.54, 1.807) is 11.7 Å². The van der Waals surface area contributed by atoms with E-state index in [0.29, 0.717) is 16.7 Å². The first kappa shape index (κ1) is 18.8. The monoisotopic (exact) mass is 404 g/mol. The van der Waals surface area contributed by atoms with Gasteiger partial charge in [-0.25, -0.2) is 4.98 Å². The van der Waals surface area contributed by atoms with E-state index in [4.69, 9.17) is 9.72 Å². The van der Waals surface area contributed by atoms with E-state index in [-0.39, 0.29) is 5.56 Å². The summed E-state index contributed by atoms with van der Waals surface area (Å²) < 4.78 is 6.96. The number of rotatable bonds is 4. The Morgan fingerprint density at radius 3 is 2.39 bits per heavy atom. The molecule has 4 nitrogen and oxygen atoms in total. The Bertz CT molecular complexity index is 1480. The fourth-order valence-electron chi connectivity index (χ4n) is 3.73. The molecular formula is C27H20N2O2. The van der Waals surface area contributed by atoms with E-state index in [2.05, 4.69) is 12.1 Å². The highest BCUT2D eigenvalue weighted by Gasteiger charge is 2.10. The van der Waals surface area contributed by atoms with E-state index < -0.39 is 0 Å². The van der Waals surface area contributed by atoms with Gasteiger partial charge in [-0.3, -0.25) is 9.36 Å². The van der Waals surface area contributed by atoms with E-state index in [1.165, 1.54) is 0 Å². The molecule has 1 heterocycles. The summed E-state index contributed by atoms with van der Waals surface area (Å²) in [5.74, 6) is 1.42.